The first-order valence-electron chi connectivity index (χ1n) is 27.3. The van der Waals surface area contributed by atoms with Crippen LogP contribution >= 0.6 is 92.2 Å². The minimum absolute atomic E-state index is 0.0810. The van der Waals surface area contributed by atoms with Gasteiger partial charge in [-0.15, -0.1) is 27.8 Å². The Morgan fingerprint density at radius 3 is 1.10 bits per heavy atom. The van der Waals surface area contributed by atoms with Crippen molar-refractivity contribution in [2.45, 2.75) is 118 Å². The molecule has 20 heteroatoms. The van der Waals surface area contributed by atoms with Gasteiger partial charge < -0.3 is 0 Å². The molecule has 8 nitrogen and oxygen atoms in total. The normalized spacial score (nSPS) is 9.46. The van der Waals surface area contributed by atoms with Gasteiger partial charge in [0.25, 0.3) is 0 Å². The van der Waals surface area contributed by atoms with Crippen molar-refractivity contribution >= 4 is 92.2 Å². The maximum absolute atomic E-state index is 12.3. The predicted molar refractivity (Wildman–Crippen MR) is 372 cm³/mol. The molecule has 5 aromatic carbocycles. The second-order valence-electron chi connectivity index (χ2n) is 19.2. The lowest BCUT2D eigenvalue weighted by Crippen LogP contribution is -1.85. The second-order valence-corrected chi connectivity index (χ2v) is 24.7. The molecule has 0 spiro atoms. The van der Waals surface area contributed by atoms with E-state index in [-0.39, 0.29) is 17.2 Å². The van der Waals surface area contributed by atoms with E-state index in [0.717, 1.165) is 54.4 Å². The summed E-state index contributed by atoms with van der Waals surface area (Å²) >= 11 is 33.4. The van der Waals surface area contributed by atoms with E-state index in [2.05, 4.69) is 91.5 Å². The van der Waals surface area contributed by atoms with Gasteiger partial charge in [0.1, 0.15) is 29.6 Å². The van der Waals surface area contributed by atoms with Crippen LogP contribution in [0.3, 0.4) is 0 Å². The Bertz CT molecular complexity index is 3160. The highest BCUT2D eigenvalue weighted by atomic mass is 35.5. The number of hydrogen-bond acceptors (Lipinski definition) is 11. The summed E-state index contributed by atoms with van der Waals surface area (Å²) in [5.41, 5.74) is 14.6. The van der Waals surface area contributed by atoms with Gasteiger partial charge in [-0.05, 0) is 216 Å². The predicted octanol–water partition coefficient (Wildman–Crippen LogP) is 23.0. The van der Waals surface area contributed by atoms with Crippen molar-refractivity contribution < 1.29 is 17.6 Å². The first-order valence-corrected chi connectivity index (χ1v) is 31.7. The Balaban J connectivity index is 0.000000490. The van der Waals surface area contributed by atoms with Crippen LogP contribution in [-0.4, -0.2) is 39.5 Å². The van der Waals surface area contributed by atoms with Crippen LogP contribution in [0.1, 0.15) is 92.5 Å². The van der Waals surface area contributed by atoms with Crippen molar-refractivity contribution in [1.82, 2.24) is 39.5 Å². The molecule has 474 valence electrons. The average molecular weight is 1370 g/mol. The molecular weight excluding hydrogens is 1290 g/mol. The van der Waals surface area contributed by atoms with E-state index in [1.165, 1.54) is 85.4 Å². The summed E-state index contributed by atoms with van der Waals surface area (Å²) in [6.45, 7) is 33.0. The van der Waals surface area contributed by atoms with E-state index < -0.39 is 11.6 Å². The SMILES string of the molecule is Cc1c(Cl)cccc1Cl.Cc1c(Cl)cncc1Cl.Cc1c(F)cccc1F.Cc1ccccc1C.Cc1ccccc1Cl.Cc1ccccc1F.Cc1ccncc1F.Cc1cncnc1C.Cc1nc(C)c(C)s1.Cc1ncsc1C.Cc1nnsc1C. The molecule has 0 fully saturated rings. The smallest absolute Gasteiger partial charge is 0.144 e. The molecule has 0 unspecified atom stereocenters. The summed E-state index contributed by atoms with van der Waals surface area (Å²) in [4.78, 5) is 27.3. The van der Waals surface area contributed by atoms with Crippen LogP contribution in [0.25, 0.3) is 0 Å². The number of benzene rings is 5. The highest BCUT2D eigenvalue weighted by molar-refractivity contribution is 7.11. The van der Waals surface area contributed by atoms with Crippen molar-refractivity contribution in [2.24, 2.45) is 0 Å². The van der Waals surface area contributed by atoms with Gasteiger partial charge in [0, 0.05) is 65.7 Å². The minimum Gasteiger partial charge on any atom is -0.262 e. The molecular formula is C69H77Cl5F4N8S3. The number of nitrogens with zero attached hydrogens (tertiary/aromatic N) is 8. The summed E-state index contributed by atoms with van der Waals surface area (Å²) < 4.78 is 53.0. The maximum atomic E-state index is 12.3. The maximum Gasteiger partial charge on any atom is 0.144 e. The Morgan fingerprint density at radius 1 is 0.348 bits per heavy atom. The monoisotopic (exact) mass is 1360 g/mol. The fourth-order valence-corrected chi connectivity index (χ4v) is 8.35. The molecule has 11 rings (SSSR count). The van der Waals surface area contributed by atoms with E-state index in [9.17, 15) is 17.6 Å². The summed E-state index contributed by atoms with van der Waals surface area (Å²) in [5, 5.41) is 8.47. The fraction of sp³-hybridized carbons (Fsp3) is 0.246. The second kappa shape index (κ2) is 44.8. The molecule has 0 aliphatic carbocycles. The molecule has 0 aliphatic heterocycles. The topological polar surface area (TPSA) is 103 Å². The Morgan fingerprint density at radius 2 is 0.831 bits per heavy atom. The third kappa shape index (κ3) is 34.3. The molecule has 0 atom stereocenters. The molecule has 0 saturated carbocycles. The lowest BCUT2D eigenvalue weighted by molar-refractivity contribution is 0.568. The van der Waals surface area contributed by atoms with Gasteiger partial charge in [-0.3, -0.25) is 9.97 Å². The first kappa shape index (κ1) is 80.5. The van der Waals surface area contributed by atoms with Crippen molar-refractivity contribution in [3.05, 3.63) is 299 Å². The molecule has 0 aliphatic rings. The highest BCUT2D eigenvalue weighted by Crippen LogP contribution is 2.23. The molecule has 0 N–H and O–H groups in total. The third-order valence-corrected chi connectivity index (χ3v) is 16.8. The zero-order valence-electron chi connectivity index (χ0n) is 53.2. The van der Waals surface area contributed by atoms with E-state index in [1.54, 1.807) is 79.6 Å². The number of thiazole rings is 2. The van der Waals surface area contributed by atoms with Gasteiger partial charge in [-0.2, -0.15) is 0 Å². The lowest BCUT2D eigenvalue weighted by atomic mass is 10.1. The number of hydrogen-bond donors (Lipinski definition) is 0. The van der Waals surface area contributed by atoms with Gasteiger partial charge in [-0.1, -0.05) is 135 Å². The van der Waals surface area contributed by atoms with Crippen LogP contribution in [0, 0.1) is 141 Å². The largest absolute Gasteiger partial charge is 0.262 e. The number of aromatic nitrogens is 8. The summed E-state index contributed by atoms with van der Waals surface area (Å²) in [6, 6.07) is 33.8. The van der Waals surface area contributed by atoms with E-state index >= 15 is 0 Å². The molecule has 0 bridgehead atoms. The van der Waals surface area contributed by atoms with E-state index in [1.807, 2.05) is 129 Å². The fourth-order valence-electron chi connectivity index (χ4n) is 5.58. The van der Waals surface area contributed by atoms with Crippen molar-refractivity contribution in [1.29, 1.82) is 0 Å². The number of aryl methyl sites for hydroxylation is 14. The van der Waals surface area contributed by atoms with Crippen LogP contribution in [0.15, 0.2) is 158 Å². The standard InChI is InChI=1S/C8H10.C7H6Cl2.C7H7Cl.C7H6F2.C7H7F.C6H5Cl2N.C6H6FN.C6H8N2.C6H9NS.C5H7NS.C4H6N2S/c1-7-5-3-4-6-8(7)2;1-5-6(8)3-2-4-7(5)9;1-6-4-2-3-5-7(6)8;1-5-6(8)3-2-4-7(5)9;1-6-4-2-3-5-7(6)8;1-4-5(7)2-9-3-6(4)8;1-5-2-3-8-4-6(5)7;1-5-3-7-4-8-6(5)2;1-4-5(2)8-6(3)7-4;1-4-5(2)7-3-6-4;1-3-4(2)7-6-5-3/h3-6H,1-2H3;2-4H,1H3;2-5H,1H3;2-4H,1H3;2-5H,1H3;2-3H,1H3;2-4H,1H3;3-4H,1-2H3;1-3H3;3H,1-2H3;1-2H3. The van der Waals surface area contributed by atoms with Crippen molar-refractivity contribution in [3.63, 3.8) is 0 Å². The van der Waals surface area contributed by atoms with E-state index in [4.69, 9.17) is 58.0 Å². The van der Waals surface area contributed by atoms with Gasteiger partial charge >= 0.3 is 0 Å². The Kier molecular flexibility index (Phi) is 40.5. The van der Waals surface area contributed by atoms with Crippen LogP contribution in [0.2, 0.25) is 25.1 Å². The average Bonchev–Trinajstić information content (AvgIpc) is 4.40. The Hall–Kier alpha value is -6.53. The summed E-state index contributed by atoms with van der Waals surface area (Å²) in [5.74, 6) is -1.36. The van der Waals surface area contributed by atoms with Crippen LogP contribution < -0.4 is 0 Å². The highest BCUT2D eigenvalue weighted by Gasteiger charge is 2.01. The van der Waals surface area contributed by atoms with Gasteiger partial charge in [0.2, 0.25) is 0 Å². The zero-order valence-corrected chi connectivity index (χ0v) is 59.4. The number of pyridine rings is 2. The van der Waals surface area contributed by atoms with Gasteiger partial charge in [0.15, 0.2) is 0 Å². The van der Waals surface area contributed by atoms with Crippen molar-refractivity contribution in [3.8, 4) is 0 Å². The van der Waals surface area contributed by atoms with Gasteiger partial charge in [-0.25, -0.2) is 37.5 Å². The molecule has 11 aromatic rings. The number of halogens is 9. The minimum atomic E-state index is -0.491. The lowest BCUT2D eigenvalue weighted by Gasteiger charge is -1.96. The number of rotatable bonds is 0. The summed E-state index contributed by atoms with van der Waals surface area (Å²) in [6.07, 6.45) is 9.28. The van der Waals surface area contributed by atoms with Gasteiger partial charge in [0.05, 0.1) is 43.8 Å². The quantitative estimate of drug-likeness (QED) is 0.138. The molecule has 0 radical (unpaired) electrons. The summed E-state index contributed by atoms with van der Waals surface area (Å²) in [7, 11) is 0. The van der Waals surface area contributed by atoms with Crippen LogP contribution in [0.4, 0.5) is 17.6 Å². The van der Waals surface area contributed by atoms with Crippen LogP contribution in [0.5, 0.6) is 0 Å². The van der Waals surface area contributed by atoms with Crippen molar-refractivity contribution in [2.75, 3.05) is 0 Å². The molecule has 6 aromatic heterocycles. The molecule has 0 amide bonds. The molecule has 6 heterocycles. The molecule has 0 saturated heterocycles. The van der Waals surface area contributed by atoms with Crippen LogP contribution in [-0.2, 0) is 0 Å². The Labute approximate surface area is 561 Å². The zero-order chi connectivity index (χ0) is 67.2. The molecule has 89 heavy (non-hydrogen) atoms. The third-order valence-electron chi connectivity index (χ3n) is 12.2. The first-order chi connectivity index (χ1) is 42.0. The van der Waals surface area contributed by atoms with E-state index in [0.29, 0.717) is 21.2 Å².